The number of likely N-dealkylation sites (tertiary alicyclic amines) is 1. The third kappa shape index (κ3) is 6.24. The van der Waals surface area contributed by atoms with Crippen molar-refractivity contribution in [2.24, 2.45) is 5.92 Å². The van der Waals surface area contributed by atoms with E-state index in [0.29, 0.717) is 30.0 Å². The Balaban J connectivity index is 1.71. The lowest BCUT2D eigenvalue weighted by molar-refractivity contribution is 0.0135. The van der Waals surface area contributed by atoms with Gasteiger partial charge in [0, 0.05) is 32.1 Å². The van der Waals surface area contributed by atoms with E-state index in [9.17, 15) is 4.79 Å². The average molecular weight is 356 g/mol. The Hall–Kier alpha value is -1.40. The SMILES string of the molecule is CC(C)(C)OC(=O)N1CCC[C@@H](CCOCc2nccnc2Cl)C1. The fourth-order valence-corrected chi connectivity index (χ4v) is 2.82. The van der Waals surface area contributed by atoms with Crippen LogP contribution in [0.5, 0.6) is 0 Å². The molecule has 0 spiro atoms. The smallest absolute Gasteiger partial charge is 0.410 e. The van der Waals surface area contributed by atoms with E-state index in [0.717, 1.165) is 32.4 Å². The number of amides is 1. The van der Waals surface area contributed by atoms with Gasteiger partial charge in [-0.25, -0.2) is 9.78 Å². The molecule has 1 amide bonds. The van der Waals surface area contributed by atoms with Crippen LogP contribution in [0.15, 0.2) is 12.4 Å². The molecule has 24 heavy (non-hydrogen) atoms. The Morgan fingerprint density at radius 1 is 1.38 bits per heavy atom. The molecule has 1 saturated heterocycles. The summed E-state index contributed by atoms with van der Waals surface area (Å²) in [7, 11) is 0. The van der Waals surface area contributed by atoms with Gasteiger partial charge in [0.15, 0.2) is 5.15 Å². The molecule has 0 aliphatic carbocycles. The lowest BCUT2D eigenvalue weighted by Gasteiger charge is -2.34. The topological polar surface area (TPSA) is 64.5 Å². The van der Waals surface area contributed by atoms with E-state index in [1.165, 1.54) is 0 Å². The van der Waals surface area contributed by atoms with Crippen LogP contribution < -0.4 is 0 Å². The van der Waals surface area contributed by atoms with E-state index >= 15 is 0 Å². The van der Waals surface area contributed by atoms with Gasteiger partial charge in [0.2, 0.25) is 0 Å². The quantitative estimate of drug-likeness (QED) is 0.754. The van der Waals surface area contributed by atoms with E-state index < -0.39 is 5.60 Å². The maximum Gasteiger partial charge on any atom is 0.410 e. The monoisotopic (exact) mass is 355 g/mol. The first kappa shape index (κ1) is 18.9. The van der Waals surface area contributed by atoms with Crippen LogP contribution in [0.1, 0.15) is 45.7 Å². The minimum absolute atomic E-state index is 0.223. The second-order valence-corrected chi connectivity index (χ2v) is 7.43. The molecule has 7 heteroatoms. The van der Waals surface area contributed by atoms with E-state index in [1.807, 2.05) is 20.8 Å². The van der Waals surface area contributed by atoms with Crippen molar-refractivity contribution in [3.63, 3.8) is 0 Å². The lowest BCUT2D eigenvalue weighted by atomic mass is 9.95. The molecule has 6 nitrogen and oxygen atoms in total. The molecule has 2 rings (SSSR count). The summed E-state index contributed by atoms with van der Waals surface area (Å²) in [5.74, 6) is 0.434. The maximum atomic E-state index is 12.2. The van der Waals surface area contributed by atoms with Crippen LogP contribution in [-0.2, 0) is 16.1 Å². The molecule has 0 unspecified atom stereocenters. The molecule has 0 bridgehead atoms. The summed E-state index contributed by atoms with van der Waals surface area (Å²) in [6, 6.07) is 0. The van der Waals surface area contributed by atoms with E-state index in [2.05, 4.69) is 9.97 Å². The van der Waals surface area contributed by atoms with Crippen LogP contribution in [0.2, 0.25) is 5.15 Å². The molecular formula is C17H26ClN3O3. The predicted octanol–water partition coefficient (Wildman–Crippen LogP) is 3.68. The van der Waals surface area contributed by atoms with Gasteiger partial charge in [0.1, 0.15) is 11.3 Å². The molecule has 1 aliphatic rings. The molecule has 1 aromatic rings. The van der Waals surface area contributed by atoms with Crippen LogP contribution in [0.4, 0.5) is 4.79 Å². The van der Waals surface area contributed by atoms with Crippen molar-refractivity contribution >= 4 is 17.7 Å². The molecule has 1 aromatic heterocycles. The van der Waals surface area contributed by atoms with Crippen molar-refractivity contribution in [1.82, 2.24) is 14.9 Å². The Morgan fingerprint density at radius 2 is 2.12 bits per heavy atom. The van der Waals surface area contributed by atoms with Crippen LogP contribution in [0.3, 0.4) is 0 Å². The zero-order valence-corrected chi connectivity index (χ0v) is 15.4. The highest BCUT2D eigenvalue weighted by Crippen LogP contribution is 2.22. The zero-order chi connectivity index (χ0) is 17.6. The highest BCUT2D eigenvalue weighted by molar-refractivity contribution is 6.29. The van der Waals surface area contributed by atoms with Crippen LogP contribution in [0, 0.1) is 5.92 Å². The number of halogens is 1. The van der Waals surface area contributed by atoms with Gasteiger partial charge >= 0.3 is 6.09 Å². The second-order valence-electron chi connectivity index (χ2n) is 7.07. The number of piperidine rings is 1. The summed E-state index contributed by atoms with van der Waals surface area (Å²) >= 11 is 5.95. The van der Waals surface area contributed by atoms with Gasteiger partial charge in [-0.2, -0.15) is 0 Å². The summed E-state index contributed by atoms with van der Waals surface area (Å²) in [4.78, 5) is 22.1. The summed E-state index contributed by atoms with van der Waals surface area (Å²) in [5.41, 5.74) is 0.196. The van der Waals surface area contributed by atoms with Gasteiger partial charge in [-0.15, -0.1) is 0 Å². The maximum absolute atomic E-state index is 12.2. The third-order valence-corrected chi connectivity index (χ3v) is 4.12. The molecule has 1 atom stereocenters. The van der Waals surface area contributed by atoms with Crippen molar-refractivity contribution in [2.75, 3.05) is 19.7 Å². The second kappa shape index (κ2) is 8.62. The Kier molecular flexibility index (Phi) is 6.80. The number of hydrogen-bond acceptors (Lipinski definition) is 5. The van der Waals surface area contributed by atoms with E-state index in [-0.39, 0.29) is 6.09 Å². The molecule has 0 N–H and O–H groups in total. The zero-order valence-electron chi connectivity index (χ0n) is 14.6. The largest absolute Gasteiger partial charge is 0.444 e. The molecule has 2 heterocycles. The van der Waals surface area contributed by atoms with Crippen molar-refractivity contribution in [3.05, 3.63) is 23.2 Å². The van der Waals surface area contributed by atoms with E-state index in [4.69, 9.17) is 21.1 Å². The number of carbonyl (C=O) groups excluding carboxylic acids is 1. The number of nitrogens with zero attached hydrogens (tertiary/aromatic N) is 3. The molecular weight excluding hydrogens is 330 g/mol. The lowest BCUT2D eigenvalue weighted by Crippen LogP contribution is -2.43. The van der Waals surface area contributed by atoms with E-state index in [1.54, 1.807) is 17.3 Å². The molecule has 134 valence electrons. The standard InChI is InChI=1S/C17H26ClN3O3/c1-17(2,3)24-16(22)21-9-4-5-13(11-21)6-10-23-12-14-15(18)20-8-7-19-14/h7-8,13H,4-6,9-12H2,1-3H3/t13-/m0/s1. The minimum Gasteiger partial charge on any atom is -0.444 e. The van der Waals surface area contributed by atoms with Crippen molar-refractivity contribution in [1.29, 1.82) is 0 Å². The predicted molar refractivity (Wildman–Crippen MR) is 91.8 cm³/mol. The highest BCUT2D eigenvalue weighted by atomic mass is 35.5. The fourth-order valence-electron chi connectivity index (χ4n) is 2.66. The Bertz CT molecular complexity index is 548. The number of ether oxygens (including phenoxy) is 2. The Morgan fingerprint density at radius 3 is 2.83 bits per heavy atom. The molecule has 1 fully saturated rings. The summed E-state index contributed by atoms with van der Waals surface area (Å²) in [5, 5.41) is 0.381. The number of carbonyl (C=O) groups is 1. The van der Waals surface area contributed by atoms with Gasteiger partial charge in [0.25, 0.3) is 0 Å². The first-order valence-electron chi connectivity index (χ1n) is 8.36. The van der Waals surface area contributed by atoms with Crippen LogP contribution >= 0.6 is 11.6 Å². The van der Waals surface area contributed by atoms with Crippen LogP contribution in [-0.4, -0.2) is 46.3 Å². The van der Waals surface area contributed by atoms with Gasteiger partial charge < -0.3 is 14.4 Å². The first-order valence-corrected chi connectivity index (χ1v) is 8.74. The van der Waals surface area contributed by atoms with Gasteiger partial charge in [-0.1, -0.05) is 11.6 Å². The third-order valence-electron chi connectivity index (χ3n) is 3.80. The number of hydrogen-bond donors (Lipinski definition) is 0. The Labute approximate surface area is 148 Å². The molecule has 0 saturated carbocycles. The normalized spacial score (nSPS) is 18.5. The van der Waals surface area contributed by atoms with Gasteiger partial charge in [-0.3, -0.25) is 4.98 Å². The highest BCUT2D eigenvalue weighted by Gasteiger charge is 2.27. The van der Waals surface area contributed by atoms with Crippen molar-refractivity contribution in [2.45, 2.75) is 52.2 Å². The fraction of sp³-hybridized carbons (Fsp3) is 0.706. The molecule has 0 aromatic carbocycles. The first-order chi connectivity index (χ1) is 11.3. The number of rotatable bonds is 5. The summed E-state index contributed by atoms with van der Waals surface area (Å²) in [6.07, 6.45) is 5.94. The van der Waals surface area contributed by atoms with Crippen molar-refractivity contribution < 1.29 is 14.3 Å². The van der Waals surface area contributed by atoms with Crippen molar-refractivity contribution in [3.8, 4) is 0 Å². The van der Waals surface area contributed by atoms with Gasteiger partial charge in [0.05, 0.1) is 6.61 Å². The number of aromatic nitrogens is 2. The summed E-state index contributed by atoms with van der Waals surface area (Å²) in [6.45, 7) is 8.12. The molecule has 0 radical (unpaired) electrons. The average Bonchev–Trinajstić information content (AvgIpc) is 2.52. The summed E-state index contributed by atoms with van der Waals surface area (Å²) < 4.78 is 11.1. The molecule has 1 aliphatic heterocycles. The van der Waals surface area contributed by atoms with Crippen LogP contribution in [0.25, 0.3) is 0 Å². The minimum atomic E-state index is -0.455. The van der Waals surface area contributed by atoms with Gasteiger partial charge in [-0.05, 0) is 46.0 Å².